The summed E-state index contributed by atoms with van der Waals surface area (Å²) in [6, 6.07) is 0. The van der Waals surface area contributed by atoms with E-state index in [1.807, 2.05) is 0 Å². The third-order valence-corrected chi connectivity index (χ3v) is 12.0. The van der Waals surface area contributed by atoms with Gasteiger partial charge < -0.3 is 5.73 Å². The van der Waals surface area contributed by atoms with Crippen molar-refractivity contribution in [2.75, 3.05) is 6.54 Å². The van der Waals surface area contributed by atoms with Crippen LogP contribution in [0.1, 0.15) is 91.4 Å². The molecule has 6 fully saturated rings. The molecular formula is C30H46N2O. The highest BCUT2D eigenvalue weighted by molar-refractivity contribution is 6.02. The molecule has 3 heteroatoms. The minimum Gasteiger partial charge on any atom is -0.404 e. The second-order valence-corrected chi connectivity index (χ2v) is 13.4. The standard InChI is InChI=1S/C30H46N2O/c1-17-8-10-21-19(14-17)9-11-23-22(21)12-13-30(3)28(23)26-18(2)27(26)29(30)25(33)16-32-24-7-5-4-6-20(24)15-31/h15,17-19,21-23,26-29H,4-14,16,31H2,1-3H3/t17-,18-,19?,21-,22?,23+,26+,27-,28?,29-,30-/m0/s1. The van der Waals surface area contributed by atoms with Crippen LogP contribution in [0.5, 0.6) is 0 Å². The van der Waals surface area contributed by atoms with Crippen LogP contribution in [0, 0.1) is 64.6 Å². The lowest BCUT2D eigenvalue weighted by molar-refractivity contribution is -0.133. The average molecular weight is 451 g/mol. The monoisotopic (exact) mass is 450 g/mol. The number of fused-ring (bicyclic) bond motifs is 7. The van der Waals surface area contributed by atoms with Gasteiger partial charge in [0.15, 0.2) is 5.78 Å². The summed E-state index contributed by atoms with van der Waals surface area (Å²) in [6.07, 6.45) is 16.1. The molecule has 0 saturated heterocycles. The first kappa shape index (κ1) is 22.4. The number of hydrogen-bond donors (Lipinski definition) is 1. The zero-order valence-electron chi connectivity index (χ0n) is 21.3. The normalized spacial score (nSPS) is 53.2. The van der Waals surface area contributed by atoms with Crippen molar-refractivity contribution in [3.05, 3.63) is 11.8 Å². The third kappa shape index (κ3) is 3.41. The number of nitrogens with two attached hydrogens (primary N) is 1. The largest absolute Gasteiger partial charge is 0.404 e. The van der Waals surface area contributed by atoms with Gasteiger partial charge in [0.05, 0.1) is 6.54 Å². The van der Waals surface area contributed by atoms with Crippen molar-refractivity contribution in [3.8, 4) is 0 Å². The van der Waals surface area contributed by atoms with Crippen LogP contribution in [-0.2, 0) is 4.79 Å². The van der Waals surface area contributed by atoms with Crippen LogP contribution < -0.4 is 5.73 Å². The van der Waals surface area contributed by atoms with Gasteiger partial charge in [-0.15, -0.1) is 0 Å². The Balaban J connectivity index is 1.22. The zero-order valence-corrected chi connectivity index (χ0v) is 21.3. The molecule has 0 spiro atoms. The van der Waals surface area contributed by atoms with Crippen molar-refractivity contribution in [2.24, 2.45) is 75.3 Å². The highest BCUT2D eigenvalue weighted by Gasteiger charge is 2.73. The summed E-state index contributed by atoms with van der Waals surface area (Å²) in [6.45, 7) is 7.86. The van der Waals surface area contributed by atoms with Gasteiger partial charge in [0.1, 0.15) is 0 Å². The summed E-state index contributed by atoms with van der Waals surface area (Å²) >= 11 is 0. The topological polar surface area (TPSA) is 55.5 Å². The van der Waals surface area contributed by atoms with Crippen molar-refractivity contribution >= 4 is 11.5 Å². The van der Waals surface area contributed by atoms with Gasteiger partial charge in [0.2, 0.25) is 0 Å². The zero-order chi connectivity index (χ0) is 22.9. The van der Waals surface area contributed by atoms with Gasteiger partial charge in [-0.05, 0) is 135 Å². The number of carbonyl (C=O) groups excluding carboxylic acids is 1. The lowest BCUT2D eigenvalue weighted by Gasteiger charge is -2.57. The molecule has 6 saturated carbocycles. The number of ketones is 1. The van der Waals surface area contributed by atoms with E-state index in [9.17, 15) is 4.79 Å². The number of aliphatic imine (C=N–C) groups is 1. The predicted octanol–water partition coefficient (Wildman–Crippen LogP) is 6.42. The Kier molecular flexibility index (Phi) is 5.57. The van der Waals surface area contributed by atoms with Crippen LogP contribution in [0.3, 0.4) is 0 Å². The molecule has 0 amide bonds. The first-order valence-corrected chi connectivity index (χ1v) is 14.4. The van der Waals surface area contributed by atoms with E-state index in [0.717, 1.165) is 65.9 Å². The molecule has 33 heavy (non-hydrogen) atoms. The molecule has 182 valence electrons. The molecule has 0 aromatic rings. The number of hydrogen-bond acceptors (Lipinski definition) is 3. The van der Waals surface area contributed by atoms with Crippen molar-refractivity contribution in [3.63, 3.8) is 0 Å². The first-order valence-electron chi connectivity index (χ1n) is 14.4. The van der Waals surface area contributed by atoms with Crippen molar-refractivity contribution in [2.45, 2.75) is 91.4 Å². The maximum absolute atomic E-state index is 13.8. The molecule has 11 atom stereocenters. The van der Waals surface area contributed by atoms with E-state index in [-0.39, 0.29) is 11.3 Å². The Hall–Kier alpha value is -1.12. The van der Waals surface area contributed by atoms with E-state index in [2.05, 4.69) is 20.8 Å². The smallest absolute Gasteiger partial charge is 0.158 e. The Morgan fingerprint density at radius 2 is 1.82 bits per heavy atom. The minimum absolute atomic E-state index is 0.230. The van der Waals surface area contributed by atoms with Crippen LogP contribution in [-0.4, -0.2) is 18.0 Å². The second-order valence-electron chi connectivity index (χ2n) is 13.4. The van der Waals surface area contributed by atoms with Crippen molar-refractivity contribution in [1.82, 2.24) is 0 Å². The van der Waals surface area contributed by atoms with Crippen LogP contribution in [0.25, 0.3) is 0 Å². The van der Waals surface area contributed by atoms with Gasteiger partial charge in [-0.25, -0.2) is 0 Å². The van der Waals surface area contributed by atoms with Gasteiger partial charge in [-0.2, -0.15) is 0 Å². The van der Waals surface area contributed by atoms with E-state index < -0.39 is 0 Å². The van der Waals surface area contributed by atoms with Gasteiger partial charge in [0.25, 0.3) is 0 Å². The van der Waals surface area contributed by atoms with Crippen LogP contribution in [0.15, 0.2) is 16.8 Å². The number of rotatable bonds is 3. The lowest BCUT2D eigenvalue weighted by atomic mass is 9.47. The molecule has 0 aliphatic heterocycles. The van der Waals surface area contributed by atoms with Gasteiger partial charge in [-0.1, -0.05) is 27.2 Å². The summed E-state index contributed by atoms with van der Waals surface area (Å²) in [7, 11) is 0. The van der Waals surface area contributed by atoms with Crippen LogP contribution in [0.2, 0.25) is 0 Å². The number of nitrogens with zero attached hydrogens (tertiary/aromatic N) is 1. The summed E-state index contributed by atoms with van der Waals surface area (Å²) in [5.74, 6) is 8.50. The fourth-order valence-corrected chi connectivity index (χ4v) is 10.6. The Morgan fingerprint density at radius 1 is 1.03 bits per heavy atom. The molecule has 0 bridgehead atoms. The van der Waals surface area contributed by atoms with E-state index in [1.54, 1.807) is 6.20 Å². The molecule has 6 aliphatic rings. The summed E-state index contributed by atoms with van der Waals surface area (Å²) < 4.78 is 0. The van der Waals surface area contributed by atoms with Crippen LogP contribution >= 0.6 is 0 Å². The quantitative estimate of drug-likeness (QED) is 0.539. The fraction of sp³-hybridized carbons (Fsp3) is 0.867. The molecule has 0 radical (unpaired) electrons. The molecule has 0 aromatic heterocycles. The number of carbonyl (C=O) groups is 1. The van der Waals surface area contributed by atoms with Crippen molar-refractivity contribution in [1.29, 1.82) is 0 Å². The molecule has 2 N–H and O–H groups in total. The van der Waals surface area contributed by atoms with Crippen LogP contribution in [0.4, 0.5) is 0 Å². The van der Waals surface area contributed by atoms with E-state index in [1.165, 1.54) is 63.4 Å². The molecule has 3 unspecified atom stereocenters. The molecule has 0 aromatic carbocycles. The number of allylic oxidation sites excluding steroid dienone is 1. The van der Waals surface area contributed by atoms with Gasteiger partial charge in [0, 0.05) is 11.6 Å². The molecular weight excluding hydrogens is 404 g/mol. The maximum Gasteiger partial charge on any atom is 0.158 e. The number of Topliss-reactive ketones (excluding diaryl/α,β-unsaturated/α-hetero) is 1. The molecule has 6 rings (SSSR count). The summed E-state index contributed by atoms with van der Waals surface area (Å²) in [5.41, 5.74) is 8.39. The average Bonchev–Trinajstić information content (AvgIpc) is 3.34. The summed E-state index contributed by atoms with van der Waals surface area (Å²) in [4.78, 5) is 18.7. The van der Waals surface area contributed by atoms with E-state index >= 15 is 0 Å². The predicted molar refractivity (Wildman–Crippen MR) is 135 cm³/mol. The highest BCUT2D eigenvalue weighted by Crippen LogP contribution is 2.76. The minimum atomic E-state index is 0.230. The fourth-order valence-electron chi connectivity index (χ4n) is 10.6. The molecule has 0 heterocycles. The van der Waals surface area contributed by atoms with Gasteiger partial charge in [-0.3, -0.25) is 9.79 Å². The maximum atomic E-state index is 13.8. The SMILES string of the molecule is C[C@H]1CC[C@H]2C(CC[C@@H]3C2CC[C@@]2(C)C3[C@@H]3[C@H](C)[C@@H]3[C@@H]2C(=O)CN=C2CCCCC2=CN)C1. The van der Waals surface area contributed by atoms with Crippen molar-refractivity contribution < 1.29 is 4.79 Å². The Bertz CT molecular complexity index is 859. The molecule has 6 aliphatic carbocycles. The highest BCUT2D eigenvalue weighted by atomic mass is 16.1. The Labute approximate surface area is 201 Å². The van der Waals surface area contributed by atoms with E-state index in [0.29, 0.717) is 18.2 Å². The third-order valence-electron chi connectivity index (χ3n) is 12.0. The summed E-state index contributed by atoms with van der Waals surface area (Å²) in [5, 5.41) is 0. The lowest BCUT2D eigenvalue weighted by Crippen LogP contribution is -2.51. The van der Waals surface area contributed by atoms with E-state index in [4.69, 9.17) is 10.7 Å². The first-order chi connectivity index (χ1) is 15.9. The van der Waals surface area contributed by atoms with Gasteiger partial charge >= 0.3 is 0 Å². The second kappa shape index (κ2) is 8.23. The Morgan fingerprint density at radius 3 is 2.64 bits per heavy atom. The molecule has 3 nitrogen and oxygen atoms in total.